The number of carbonyl (C=O) groups is 1. The molecule has 0 radical (unpaired) electrons. The number of amides is 1. The van der Waals surface area contributed by atoms with Gasteiger partial charge in [-0.05, 0) is 75.9 Å². The van der Waals surface area contributed by atoms with Gasteiger partial charge in [0.15, 0.2) is 5.69 Å². The Hall–Kier alpha value is -3.12. The fourth-order valence-electron chi connectivity index (χ4n) is 4.40. The van der Waals surface area contributed by atoms with E-state index >= 15 is 0 Å². The minimum absolute atomic E-state index is 0.151. The summed E-state index contributed by atoms with van der Waals surface area (Å²) in [5.74, 6) is 0.695. The number of piperidine rings is 1. The number of hydrogen-bond donors (Lipinski definition) is 1. The summed E-state index contributed by atoms with van der Waals surface area (Å²) in [6.07, 6.45) is 4.40. The molecule has 0 saturated carbocycles. The van der Waals surface area contributed by atoms with E-state index in [1.54, 1.807) is 0 Å². The van der Waals surface area contributed by atoms with Crippen molar-refractivity contribution in [3.05, 3.63) is 64.8 Å². The van der Waals surface area contributed by atoms with Gasteiger partial charge in [-0.3, -0.25) is 10.2 Å². The van der Waals surface area contributed by atoms with Gasteiger partial charge in [0.2, 0.25) is 0 Å². The zero-order valence-corrected chi connectivity index (χ0v) is 20.1. The lowest BCUT2D eigenvalue weighted by molar-refractivity contribution is 0.0743. The van der Waals surface area contributed by atoms with Gasteiger partial charge < -0.3 is 4.74 Å². The molecule has 1 aliphatic rings. The number of aryl methyl sites for hydroxylation is 2. The van der Waals surface area contributed by atoms with Crippen LogP contribution in [0.5, 0.6) is 5.75 Å². The molecule has 6 nitrogen and oxygen atoms in total. The van der Waals surface area contributed by atoms with Gasteiger partial charge in [0, 0.05) is 24.2 Å². The lowest BCUT2D eigenvalue weighted by atomic mass is 10.0. The minimum atomic E-state index is -0.151. The van der Waals surface area contributed by atoms with Crippen molar-refractivity contribution in [2.45, 2.75) is 53.4 Å². The third kappa shape index (κ3) is 5.11. The number of carbonyl (C=O) groups excluding carboxylic acids is 1. The molecule has 0 bridgehead atoms. The van der Waals surface area contributed by atoms with Gasteiger partial charge in [-0.15, -0.1) is 0 Å². The molecule has 0 atom stereocenters. The van der Waals surface area contributed by atoms with E-state index in [4.69, 9.17) is 9.84 Å². The minimum Gasteiger partial charge on any atom is -0.494 e. The zero-order chi connectivity index (χ0) is 23.4. The lowest BCUT2D eigenvalue weighted by Crippen LogP contribution is -2.45. The van der Waals surface area contributed by atoms with Gasteiger partial charge in [0.1, 0.15) is 5.75 Å². The number of rotatable bonds is 7. The Morgan fingerprint density at radius 2 is 1.76 bits per heavy atom. The standard InChI is InChI=1S/C27H34N4O2/c1-5-17-33-23-12-10-22(11-13-23)26-21(4)25(27(32)29-30-15-7-6-8-16-30)28-31(26)24-14-9-19(2)18-20(24)3/h9-14,18H,5-8,15-17H2,1-4H3,(H,29,32). The van der Waals surface area contributed by atoms with Crippen LogP contribution in [0.3, 0.4) is 0 Å². The fraction of sp³-hybridized carbons (Fsp3) is 0.407. The molecule has 0 unspecified atom stereocenters. The first-order chi connectivity index (χ1) is 16.0. The molecule has 0 spiro atoms. The fourth-order valence-corrected chi connectivity index (χ4v) is 4.40. The van der Waals surface area contributed by atoms with E-state index in [1.807, 2.05) is 40.9 Å². The molecule has 1 saturated heterocycles. The topological polar surface area (TPSA) is 59.4 Å². The van der Waals surface area contributed by atoms with Crippen molar-refractivity contribution in [1.82, 2.24) is 20.2 Å². The molecule has 0 aliphatic carbocycles. The Balaban J connectivity index is 1.75. The first kappa shape index (κ1) is 23.1. The van der Waals surface area contributed by atoms with Gasteiger partial charge in [0.05, 0.1) is 18.0 Å². The average Bonchev–Trinajstić information content (AvgIpc) is 3.15. The van der Waals surface area contributed by atoms with Gasteiger partial charge in [0.25, 0.3) is 5.91 Å². The summed E-state index contributed by atoms with van der Waals surface area (Å²) >= 11 is 0. The van der Waals surface area contributed by atoms with E-state index in [0.29, 0.717) is 12.3 Å². The molecular weight excluding hydrogens is 412 g/mol. The van der Waals surface area contributed by atoms with Crippen LogP contribution in [0.2, 0.25) is 0 Å². The SMILES string of the molecule is CCCOc1ccc(-c2c(C)c(C(=O)NN3CCCCC3)nn2-c2ccc(C)cc2C)cc1. The number of hydrazine groups is 1. The Morgan fingerprint density at radius 3 is 2.42 bits per heavy atom. The summed E-state index contributed by atoms with van der Waals surface area (Å²) in [5, 5.41) is 6.85. The van der Waals surface area contributed by atoms with Crippen molar-refractivity contribution in [3.8, 4) is 22.7 Å². The molecule has 2 aromatic carbocycles. The van der Waals surface area contributed by atoms with E-state index in [9.17, 15) is 4.79 Å². The highest BCUT2D eigenvalue weighted by Crippen LogP contribution is 2.31. The summed E-state index contributed by atoms with van der Waals surface area (Å²) in [7, 11) is 0. The smallest absolute Gasteiger partial charge is 0.286 e. The van der Waals surface area contributed by atoms with Crippen LogP contribution in [0.4, 0.5) is 0 Å². The maximum atomic E-state index is 13.2. The second kappa shape index (κ2) is 10.2. The number of ether oxygens (including phenoxy) is 1. The summed E-state index contributed by atoms with van der Waals surface area (Å²) in [5.41, 5.74) is 9.61. The Bertz CT molecular complexity index is 1110. The second-order valence-electron chi connectivity index (χ2n) is 8.89. The molecule has 1 amide bonds. The van der Waals surface area contributed by atoms with Gasteiger partial charge in [-0.25, -0.2) is 9.69 Å². The van der Waals surface area contributed by atoms with Crippen molar-refractivity contribution in [2.24, 2.45) is 0 Å². The summed E-state index contributed by atoms with van der Waals surface area (Å²) in [6.45, 7) is 10.7. The molecular formula is C27H34N4O2. The van der Waals surface area contributed by atoms with Crippen LogP contribution in [-0.2, 0) is 0 Å². The van der Waals surface area contributed by atoms with Gasteiger partial charge >= 0.3 is 0 Å². The summed E-state index contributed by atoms with van der Waals surface area (Å²) < 4.78 is 7.67. The molecule has 1 aromatic heterocycles. The molecule has 1 fully saturated rings. The largest absolute Gasteiger partial charge is 0.494 e. The Kier molecular flexibility index (Phi) is 7.14. The molecule has 3 aromatic rings. The third-order valence-corrected chi connectivity index (χ3v) is 6.13. The van der Waals surface area contributed by atoms with Crippen molar-refractivity contribution in [3.63, 3.8) is 0 Å². The van der Waals surface area contributed by atoms with Crippen LogP contribution >= 0.6 is 0 Å². The Labute approximate surface area is 196 Å². The summed E-state index contributed by atoms with van der Waals surface area (Å²) in [6, 6.07) is 14.4. The molecule has 4 rings (SSSR count). The summed E-state index contributed by atoms with van der Waals surface area (Å²) in [4.78, 5) is 13.2. The highest BCUT2D eigenvalue weighted by atomic mass is 16.5. The van der Waals surface area contributed by atoms with Crippen molar-refractivity contribution < 1.29 is 9.53 Å². The van der Waals surface area contributed by atoms with E-state index in [-0.39, 0.29) is 5.91 Å². The van der Waals surface area contributed by atoms with Crippen LogP contribution < -0.4 is 10.2 Å². The molecule has 33 heavy (non-hydrogen) atoms. The van der Waals surface area contributed by atoms with Crippen molar-refractivity contribution in [1.29, 1.82) is 0 Å². The monoisotopic (exact) mass is 446 g/mol. The molecule has 2 heterocycles. The maximum Gasteiger partial charge on any atom is 0.286 e. The lowest BCUT2D eigenvalue weighted by Gasteiger charge is -2.26. The average molecular weight is 447 g/mol. The van der Waals surface area contributed by atoms with Crippen LogP contribution in [0.1, 0.15) is 59.8 Å². The van der Waals surface area contributed by atoms with Crippen LogP contribution in [0.25, 0.3) is 16.9 Å². The quantitative estimate of drug-likeness (QED) is 0.529. The van der Waals surface area contributed by atoms with Crippen molar-refractivity contribution in [2.75, 3.05) is 19.7 Å². The first-order valence-corrected chi connectivity index (χ1v) is 11.9. The molecule has 174 valence electrons. The molecule has 6 heteroatoms. The number of nitrogens with zero attached hydrogens (tertiary/aromatic N) is 3. The maximum absolute atomic E-state index is 13.2. The number of hydrogen-bond acceptors (Lipinski definition) is 4. The van der Waals surface area contributed by atoms with Crippen LogP contribution in [0, 0.1) is 20.8 Å². The Morgan fingerprint density at radius 1 is 1.03 bits per heavy atom. The van der Waals surface area contributed by atoms with Gasteiger partial charge in [-0.1, -0.05) is 31.0 Å². The highest BCUT2D eigenvalue weighted by molar-refractivity contribution is 5.95. The second-order valence-corrected chi connectivity index (χ2v) is 8.89. The van der Waals surface area contributed by atoms with E-state index in [1.165, 1.54) is 12.0 Å². The van der Waals surface area contributed by atoms with E-state index < -0.39 is 0 Å². The highest BCUT2D eigenvalue weighted by Gasteiger charge is 2.24. The van der Waals surface area contributed by atoms with Gasteiger partial charge in [-0.2, -0.15) is 5.10 Å². The predicted molar refractivity (Wildman–Crippen MR) is 132 cm³/mol. The zero-order valence-electron chi connectivity index (χ0n) is 20.1. The third-order valence-electron chi connectivity index (χ3n) is 6.13. The van der Waals surface area contributed by atoms with Crippen LogP contribution in [-0.4, -0.2) is 40.4 Å². The van der Waals surface area contributed by atoms with Crippen LogP contribution in [0.15, 0.2) is 42.5 Å². The predicted octanol–water partition coefficient (Wildman–Crippen LogP) is 5.38. The normalized spacial score (nSPS) is 14.3. The molecule has 1 N–H and O–H groups in total. The number of benzene rings is 2. The first-order valence-electron chi connectivity index (χ1n) is 11.9. The number of nitrogens with one attached hydrogen (secondary N) is 1. The molecule has 1 aliphatic heterocycles. The van der Waals surface area contributed by atoms with E-state index in [0.717, 1.165) is 66.2 Å². The van der Waals surface area contributed by atoms with E-state index in [2.05, 4.69) is 44.4 Å². The van der Waals surface area contributed by atoms with Crippen molar-refractivity contribution >= 4 is 5.91 Å². The number of aromatic nitrogens is 2.